The van der Waals surface area contributed by atoms with Crippen LogP contribution >= 0.6 is 0 Å². The fourth-order valence-corrected chi connectivity index (χ4v) is 0.932. The summed E-state index contributed by atoms with van der Waals surface area (Å²) in [4.78, 5) is 11.0. The minimum absolute atomic E-state index is 0.0247. The average Bonchev–Trinajstić information content (AvgIpc) is 2.70. The predicted octanol–water partition coefficient (Wildman–Crippen LogP) is -0.540. The molecular formula is C7H10F3N5O2. The van der Waals surface area contributed by atoms with Crippen LogP contribution < -0.4 is 11.3 Å². The summed E-state index contributed by atoms with van der Waals surface area (Å²) in [7, 11) is 0. The van der Waals surface area contributed by atoms with E-state index in [0.717, 1.165) is 0 Å². The lowest BCUT2D eigenvalue weighted by Crippen LogP contribution is -2.30. The largest absolute Gasteiger partial charge is 0.411 e. The number of nitrogens with two attached hydrogens (primary N) is 1. The van der Waals surface area contributed by atoms with Gasteiger partial charge in [0.25, 0.3) is 5.91 Å². The number of nitrogens with one attached hydrogen (secondary N) is 1. The molecule has 0 bridgehead atoms. The molecule has 0 aliphatic carbocycles. The van der Waals surface area contributed by atoms with Gasteiger partial charge in [-0.3, -0.25) is 10.2 Å². The first kappa shape index (κ1) is 13.4. The molecule has 3 N–H and O–H groups in total. The zero-order chi connectivity index (χ0) is 12.9. The van der Waals surface area contributed by atoms with Crippen molar-refractivity contribution in [1.82, 2.24) is 20.4 Å². The monoisotopic (exact) mass is 253 g/mol. The van der Waals surface area contributed by atoms with Crippen LogP contribution in [0.15, 0.2) is 6.20 Å². The van der Waals surface area contributed by atoms with Crippen LogP contribution in [0.25, 0.3) is 0 Å². The molecule has 17 heavy (non-hydrogen) atoms. The Kier molecular flexibility index (Phi) is 4.40. The third-order valence-corrected chi connectivity index (χ3v) is 1.63. The lowest BCUT2D eigenvalue weighted by atomic mass is 10.4. The Hall–Kier alpha value is -1.68. The highest BCUT2D eigenvalue weighted by molar-refractivity contribution is 5.91. The molecule has 0 atom stereocenters. The van der Waals surface area contributed by atoms with Crippen molar-refractivity contribution in [2.24, 2.45) is 5.84 Å². The van der Waals surface area contributed by atoms with Gasteiger partial charge in [0.15, 0.2) is 5.69 Å². The Morgan fingerprint density at radius 2 is 2.29 bits per heavy atom. The molecule has 0 aromatic carbocycles. The van der Waals surface area contributed by atoms with Crippen molar-refractivity contribution in [2.75, 3.05) is 13.2 Å². The van der Waals surface area contributed by atoms with Crippen LogP contribution in [0, 0.1) is 0 Å². The SMILES string of the molecule is NNC(=O)c1cn(CCOCC(F)(F)F)nn1. The molecule has 1 aromatic rings. The highest BCUT2D eigenvalue weighted by Crippen LogP contribution is 2.14. The summed E-state index contributed by atoms with van der Waals surface area (Å²) < 4.78 is 40.7. The molecule has 0 aliphatic rings. The topological polar surface area (TPSA) is 95.1 Å². The maximum Gasteiger partial charge on any atom is 0.411 e. The Bertz CT molecular complexity index is 378. The maximum atomic E-state index is 11.7. The number of rotatable bonds is 5. The number of hydrazine groups is 1. The number of hydrogen-bond acceptors (Lipinski definition) is 5. The quantitative estimate of drug-likeness (QED) is 0.318. The number of alkyl halides is 3. The van der Waals surface area contributed by atoms with Crippen LogP contribution in [0.1, 0.15) is 10.5 Å². The van der Waals surface area contributed by atoms with E-state index in [9.17, 15) is 18.0 Å². The lowest BCUT2D eigenvalue weighted by Gasteiger charge is -2.06. The molecule has 0 spiro atoms. The van der Waals surface area contributed by atoms with Gasteiger partial charge in [-0.05, 0) is 0 Å². The minimum atomic E-state index is -4.35. The third-order valence-electron chi connectivity index (χ3n) is 1.63. The van der Waals surface area contributed by atoms with E-state index in [0.29, 0.717) is 0 Å². The molecule has 0 unspecified atom stereocenters. The smallest absolute Gasteiger partial charge is 0.370 e. The third kappa shape index (κ3) is 4.78. The molecule has 10 heteroatoms. The molecule has 1 heterocycles. The Balaban J connectivity index is 2.33. The van der Waals surface area contributed by atoms with Crippen molar-refractivity contribution in [3.8, 4) is 0 Å². The molecule has 1 aromatic heterocycles. The van der Waals surface area contributed by atoms with Gasteiger partial charge in [0, 0.05) is 0 Å². The van der Waals surface area contributed by atoms with Gasteiger partial charge >= 0.3 is 6.18 Å². The summed E-state index contributed by atoms with van der Waals surface area (Å²) in [6.45, 7) is -1.45. The molecule has 0 saturated carbocycles. The zero-order valence-corrected chi connectivity index (χ0v) is 8.57. The lowest BCUT2D eigenvalue weighted by molar-refractivity contribution is -0.174. The van der Waals surface area contributed by atoms with Gasteiger partial charge in [0.05, 0.1) is 19.3 Å². The van der Waals surface area contributed by atoms with E-state index in [1.807, 2.05) is 5.43 Å². The Labute approximate surface area is 93.7 Å². The molecule has 1 amide bonds. The van der Waals surface area contributed by atoms with Gasteiger partial charge in [-0.2, -0.15) is 13.2 Å². The van der Waals surface area contributed by atoms with Crippen LogP contribution in [-0.4, -0.2) is 40.3 Å². The first-order valence-electron chi connectivity index (χ1n) is 4.48. The van der Waals surface area contributed by atoms with Crippen LogP contribution in [-0.2, 0) is 11.3 Å². The fraction of sp³-hybridized carbons (Fsp3) is 0.571. The number of hydrogen-bond donors (Lipinski definition) is 2. The second-order valence-electron chi connectivity index (χ2n) is 3.01. The van der Waals surface area contributed by atoms with Crippen molar-refractivity contribution in [3.05, 3.63) is 11.9 Å². The van der Waals surface area contributed by atoms with E-state index < -0.39 is 18.7 Å². The summed E-state index contributed by atoms with van der Waals surface area (Å²) in [5.41, 5.74) is 1.82. The summed E-state index contributed by atoms with van der Waals surface area (Å²) in [6.07, 6.45) is -3.11. The van der Waals surface area contributed by atoms with Gasteiger partial charge in [-0.25, -0.2) is 10.5 Å². The van der Waals surface area contributed by atoms with Gasteiger partial charge < -0.3 is 4.74 Å². The van der Waals surface area contributed by atoms with E-state index >= 15 is 0 Å². The van der Waals surface area contributed by atoms with Gasteiger partial charge in [0.1, 0.15) is 6.61 Å². The maximum absolute atomic E-state index is 11.7. The van der Waals surface area contributed by atoms with E-state index in [2.05, 4.69) is 15.0 Å². The van der Waals surface area contributed by atoms with Crippen molar-refractivity contribution < 1.29 is 22.7 Å². The van der Waals surface area contributed by atoms with Crippen molar-refractivity contribution in [1.29, 1.82) is 0 Å². The van der Waals surface area contributed by atoms with E-state index in [1.165, 1.54) is 10.9 Å². The molecule has 0 fully saturated rings. The summed E-state index contributed by atoms with van der Waals surface area (Å²) in [5.74, 6) is 4.22. The minimum Gasteiger partial charge on any atom is -0.370 e. The van der Waals surface area contributed by atoms with Gasteiger partial charge in [-0.1, -0.05) is 5.21 Å². The second-order valence-corrected chi connectivity index (χ2v) is 3.01. The van der Waals surface area contributed by atoms with Gasteiger partial charge in [-0.15, -0.1) is 5.10 Å². The first-order valence-corrected chi connectivity index (χ1v) is 4.48. The van der Waals surface area contributed by atoms with E-state index in [-0.39, 0.29) is 18.8 Å². The first-order chi connectivity index (χ1) is 7.92. The van der Waals surface area contributed by atoms with E-state index in [4.69, 9.17) is 5.84 Å². The highest BCUT2D eigenvalue weighted by Gasteiger charge is 2.27. The van der Waals surface area contributed by atoms with Crippen LogP contribution in [0.4, 0.5) is 13.2 Å². The molecule has 96 valence electrons. The number of nitrogens with zero attached hydrogens (tertiary/aromatic N) is 3. The van der Waals surface area contributed by atoms with E-state index in [1.54, 1.807) is 0 Å². The molecule has 7 nitrogen and oxygen atoms in total. The Morgan fingerprint density at radius 3 is 2.88 bits per heavy atom. The summed E-state index contributed by atoms with van der Waals surface area (Å²) in [6, 6.07) is 0. The number of amides is 1. The van der Waals surface area contributed by atoms with Crippen LogP contribution in [0.3, 0.4) is 0 Å². The van der Waals surface area contributed by atoms with Crippen LogP contribution in [0.5, 0.6) is 0 Å². The number of aromatic nitrogens is 3. The number of carbonyl (C=O) groups is 1. The standard InChI is InChI=1S/C7H10F3N5O2/c8-7(9,10)4-17-2-1-15-3-5(13-14-15)6(16)12-11/h3H,1-2,4,11H2,(H,12,16). The molecule has 0 radical (unpaired) electrons. The molecular weight excluding hydrogens is 243 g/mol. The number of carbonyl (C=O) groups excluding carboxylic acids is 1. The van der Waals surface area contributed by atoms with Crippen molar-refractivity contribution >= 4 is 5.91 Å². The number of nitrogen functional groups attached to an aromatic ring is 1. The number of halogens is 3. The zero-order valence-electron chi connectivity index (χ0n) is 8.57. The van der Waals surface area contributed by atoms with Gasteiger partial charge in [0.2, 0.25) is 0 Å². The molecule has 0 aliphatic heterocycles. The predicted molar refractivity (Wildman–Crippen MR) is 48.5 cm³/mol. The highest BCUT2D eigenvalue weighted by atomic mass is 19.4. The number of ether oxygens (including phenoxy) is 1. The second kappa shape index (κ2) is 5.59. The average molecular weight is 253 g/mol. The van der Waals surface area contributed by atoms with Crippen LogP contribution in [0.2, 0.25) is 0 Å². The van der Waals surface area contributed by atoms with Crippen molar-refractivity contribution in [2.45, 2.75) is 12.7 Å². The fourth-order valence-electron chi connectivity index (χ4n) is 0.932. The normalized spacial score (nSPS) is 11.5. The molecule has 0 saturated heterocycles. The summed E-state index contributed by atoms with van der Waals surface area (Å²) in [5, 5.41) is 6.97. The molecule has 1 rings (SSSR count). The summed E-state index contributed by atoms with van der Waals surface area (Å²) >= 11 is 0. The van der Waals surface area contributed by atoms with Crippen molar-refractivity contribution in [3.63, 3.8) is 0 Å². The Morgan fingerprint density at radius 1 is 1.59 bits per heavy atom.